The molecule has 0 unspecified atom stereocenters. The van der Waals surface area contributed by atoms with Gasteiger partial charge in [-0.3, -0.25) is 0 Å². The molecule has 0 spiro atoms. The molecule has 0 saturated heterocycles. The molecule has 3 aromatic rings. The number of phenols is 2. The predicted octanol–water partition coefficient (Wildman–Crippen LogP) is 3.99. The first-order valence-corrected chi connectivity index (χ1v) is 7.33. The summed E-state index contributed by atoms with van der Waals surface area (Å²) < 4.78 is 0. The van der Waals surface area contributed by atoms with Gasteiger partial charge in [0.1, 0.15) is 11.5 Å². The molecule has 0 atom stereocenters. The van der Waals surface area contributed by atoms with Crippen LogP contribution in [0.4, 0.5) is 11.6 Å². The van der Waals surface area contributed by atoms with Crippen LogP contribution < -0.4 is 0 Å². The molecule has 0 fully saturated rings. The van der Waals surface area contributed by atoms with Crippen molar-refractivity contribution in [2.45, 2.75) is 0 Å². The van der Waals surface area contributed by atoms with Crippen LogP contribution in [0.15, 0.2) is 76.7 Å². The molecule has 118 valence electrons. The van der Waals surface area contributed by atoms with Gasteiger partial charge in [-0.15, -0.1) is 0 Å². The average Bonchev–Trinajstić information content (AvgIpc) is 2.61. The van der Waals surface area contributed by atoms with Crippen molar-refractivity contribution in [2.24, 2.45) is 9.98 Å². The molecule has 2 aromatic carbocycles. The fourth-order valence-corrected chi connectivity index (χ4v) is 2.02. The third kappa shape index (κ3) is 3.84. The highest BCUT2D eigenvalue weighted by molar-refractivity contribution is 5.86. The molecule has 1 heterocycles. The van der Waals surface area contributed by atoms with E-state index >= 15 is 0 Å². The van der Waals surface area contributed by atoms with Crippen LogP contribution >= 0.6 is 0 Å². The van der Waals surface area contributed by atoms with Gasteiger partial charge in [0, 0.05) is 23.6 Å². The van der Waals surface area contributed by atoms with E-state index in [1.54, 1.807) is 67.0 Å². The third-order valence-electron chi connectivity index (χ3n) is 3.27. The smallest absolute Gasteiger partial charge is 0.154 e. The Kier molecular flexibility index (Phi) is 4.62. The molecule has 0 aliphatic rings. The Hall–Kier alpha value is -3.47. The highest BCUT2D eigenvalue weighted by Gasteiger charge is 1.98. The first-order valence-electron chi connectivity index (χ1n) is 7.33. The number of hydrogen-bond donors (Lipinski definition) is 2. The van der Waals surface area contributed by atoms with E-state index < -0.39 is 0 Å². The normalized spacial score (nSPS) is 11.3. The van der Waals surface area contributed by atoms with Crippen molar-refractivity contribution in [3.05, 3.63) is 77.9 Å². The standard InChI is InChI=1S/C19H15N3O2/c23-16-8-3-1-6-14(16)12-20-18-10-5-11-19(22-18)21-13-15-7-2-4-9-17(15)24/h1-13,23-24H/b20-12+,21-13+. The largest absolute Gasteiger partial charge is 0.507 e. The van der Waals surface area contributed by atoms with Crippen LogP contribution in [0.25, 0.3) is 0 Å². The Bertz CT molecular complexity index is 834. The van der Waals surface area contributed by atoms with Crippen LogP contribution in [0.3, 0.4) is 0 Å². The van der Waals surface area contributed by atoms with Crippen LogP contribution in [0.1, 0.15) is 11.1 Å². The number of aliphatic imine (C=N–C) groups is 2. The maximum atomic E-state index is 9.72. The number of nitrogens with zero attached hydrogens (tertiary/aromatic N) is 3. The highest BCUT2D eigenvalue weighted by atomic mass is 16.3. The van der Waals surface area contributed by atoms with E-state index in [2.05, 4.69) is 15.0 Å². The summed E-state index contributed by atoms with van der Waals surface area (Å²) in [4.78, 5) is 12.8. The molecule has 0 saturated carbocycles. The number of aromatic nitrogens is 1. The second-order valence-corrected chi connectivity index (χ2v) is 4.99. The van der Waals surface area contributed by atoms with Gasteiger partial charge < -0.3 is 10.2 Å². The van der Waals surface area contributed by atoms with E-state index in [4.69, 9.17) is 0 Å². The van der Waals surface area contributed by atoms with Crippen molar-refractivity contribution in [3.8, 4) is 11.5 Å². The first kappa shape index (κ1) is 15.4. The summed E-state index contributed by atoms with van der Waals surface area (Å²) in [5.74, 6) is 1.28. The third-order valence-corrected chi connectivity index (χ3v) is 3.27. The molecule has 5 nitrogen and oxygen atoms in total. The topological polar surface area (TPSA) is 78.1 Å². The molecule has 0 aliphatic heterocycles. The zero-order chi connectivity index (χ0) is 16.8. The Morgan fingerprint density at radius 1 is 0.625 bits per heavy atom. The lowest BCUT2D eigenvalue weighted by atomic mass is 10.2. The van der Waals surface area contributed by atoms with Gasteiger partial charge in [-0.1, -0.05) is 30.3 Å². The van der Waals surface area contributed by atoms with E-state index in [0.717, 1.165) is 0 Å². The number of benzene rings is 2. The van der Waals surface area contributed by atoms with Gasteiger partial charge >= 0.3 is 0 Å². The quantitative estimate of drug-likeness (QED) is 0.714. The summed E-state index contributed by atoms with van der Waals surface area (Å²) in [5, 5.41) is 19.4. The maximum absolute atomic E-state index is 9.72. The molecule has 0 amide bonds. The molecule has 2 N–H and O–H groups in total. The van der Waals surface area contributed by atoms with Gasteiger partial charge in [-0.2, -0.15) is 0 Å². The Labute approximate surface area is 139 Å². The number of rotatable bonds is 4. The Balaban J connectivity index is 1.80. The SMILES string of the molecule is Oc1ccccc1/C=N/c1cccc(/N=C/c2ccccc2O)n1. The monoisotopic (exact) mass is 317 g/mol. The van der Waals surface area contributed by atoms with Crippen molar-refractivity contribution in [1.29, 1.82) is 0 Å². The van der Waals surface area contributed by atoms with E-state index in [9.17, 15) is 10.2 Å². The van der Waals surface area contributed by atoms with Gasteiger partial charge in [0.15, 0.2) is 11.6 Å². The number of pyridine rings is 1. The molecule has 24 heavy (non-hydrogen) atoms. The minimum absolute atomic E-state index is 0.162. The zero-order valence-corrected chi connectivity index (χ0v) is 12.7. The van der Waals surface area contributed by atoms with Gasteiger partial charge in [-0.25, -0.2) is 15.0 Å². The number of aromatic hydroxyl groups is 2. The van der Waals surface area contributed by atoms with Gasteiger partial charge in [-0.05, 0) is 36.4 Å². The van der Waals surface area contributed by atoms with Crippen molar-refractivity contribution < 1.29 is 10.2 Å². The zero-order valence-electron chi connectivity index (χ0n) is 12.7. The van der Waals surface area contributed by atoms with Gasteiger partial charge in [0.05, 0.1) is 0 Å². The lowest BCUT2D eigenvalue weighted by Crippen LogP contribution is -1.83. The fourth-order valence-electron chi connectivity index (χ4n) is 2.02. The van der Waals surface area contributed by atoms with Crippen molar-refractivity contribution in [1.82, 2.24) is 4.98 Å². The van der Waals surface area contributed by atoms with E-state index in [-0.39, 0.29) is 11.5 Å². The molecule has 3 rings (SSSR count). The van der Waals surface area contributed by atoms with Crippen LogP contribution in [0.2, 0.25) is 0 Å². The lowest BCUT2D eigenvalue weighted by molar-refractivity contribution is 0.474. The van der Waals surface area contributed by atoms with Gasteiger partial charge in [0.25, 0.3) is 0 Å². The second kappa shape index (κ2) is 7.19. The molecular formula is C19H15N3O2. The molecule has 0 radical (unpaired) electrons. The van der Waals surface area contributed by atoms with Crippen molar-refractivity contribution >= 4 is 24.1 Å². The summed E-state index contributed by atoms with van der Waals surface area (Å²) in [6.07, 6.45) is 3.10. The average molecular weight is 317 g/mol. The lowest BCUT2D eigenvalue weighted by Gasteiger charge is -1.99. The van der Waals surface area contributed by atoms with Crippen LogP contribution in [0.5, 0.6) is 11.5 Å². The summed E-state index contributed by atoms with van der Waals surface area (Å²) in [7, 11) is 0. The Morgan fingerprint density at radius 3 is 1.54 bits per heavy atom. The minimum Gasteiger partial charge on any atom is -0.507 e. The van der Waals surface area contributed by atoms with Crippen molar-refractivity contribution in [3.63, 3.8) is 0 Å². The van der Waals surface area contributed by atoms with Gasteiger partial charge in [0.2, 0.25) is 0 Å². The summed E-state index contributed by atoms with van der Waals surface area (Å²) in [6.45, 7) is 0. The summed E-state index contributed by atoms with van der Waals surface area (Å²) in [6, 6.07) is 19.1. The molecular weight excluding hydrogens is 302 g/mol. The van der Waals surface area contributed by atoms with Crippen LogP contribution in [-0.4, -0.2) is 27.6 Å². The van der Waals surface area contributed by atoms with Crippen molar-refractivity contribution in [2.75, 3.05) is 0 Å². The molecule has 5 heteroatoms. The Morgan fingerprint density at radius 2 is 1.08 bits per heavy atom. The first-order chi connectivity index (χ1) is 11.7. The van der Waals surface area contributed by atoms with Crippen LogP contribution in [-0.2, 0) is 0 Å². The number of para-hydroxylation sites is 2. The molecule has 1 aromatic heterocycles. The maximum Gasteiger partial charge on any atom is 0.154 e. The summed E-state index contributed by atoms with van der Waals surface area (Å²) in [5.41, 5.74) is 1.23. The molecule has 0 bridgehead atoms. The summed E-state index contributed by atoms with van der Waals surface area (Å²) >= 11 is 0. The highest BCUT2D eigenvalue weighted by Crippen LogP contribution is 2.18. The van der Waals surface area contributed by atoms with E-state index in [1.165, 1.54) is 0 Å². The number of phenolic OH excluding ortho intramolecular Hbond substituents is 2. The molecule has 0 aliphatic carbocycles. The van der Waals surface area contributed by atoms with E-state index in [0.29, 0.717) is 22.8 Å². The van der Waals surface area contributed by atoms with Crippen LogP contribution in [0, 0.1) is 0 Å². The fraction of sp³-hybridized carbons (Fsp3) is 0. The van der Waals surface area contributed by atoms with E-state index in [1.807, 2.05) is 12.1 Å². The number of hydrogen-bond acceptors (Lipinski definition) is 5. The predicted molar refractivity (Wildman–Crippen MR) is 95.0 cm³/mol. The second-order valence-electron chi connectivity index (χ2n) is 4.99. The minimum atomic E-state index is 0.162.